The van der Waals surface area contributed by atoms with Gasteiger partial charge in [0.1, 0.15) is 0 Å². The molecule has 0 fully saturated rings. The first-order valence-corrected chi connectivity index (χ1v) is 10.9. The monoisotopic (exact) mass is 408 g/mol. The van der Waals surface area contributed by atoms with Gasteiger partial charge in [-0.1, -0.05) is 49.4 Å². The number of sulfonamides is 1. The predicted molar refractivity (Wildman–Crippen MR) is 115 cm³/mol. The Morgan fingerprint density at radius 3 is 2.10 bits per heavy atom. The van der Waals surface area contributed by atoms with E-state index in [2.05, 4.69) is 29.1 Å². The van der Waals surface area contributed by atoms with E-state index in [1.54, 1.807) is 42.5 Å². The number of hydrogen-bond donors (Lipinski definition) is 2. The summed E-state index contributed by atoms with van der Waals surface area (Å²) < 4.78 is 27.3. The molecule has 6 heteroatoms. The molecule has 150 valence electrons. The van der Waals surface area contributed by atoms with Crippen LogP contribution in [0.4, 0.5) is 5.69 Å². The average molecular weight is 409 g/mol. The Morgan fingerprint density at radius 2 is 1.52 bits per heavy atom. The van der Waals surface area contributed by atoms with Gasteiger partial charge in [-0.25, -0.2) is 8.42 Å². The van der Waals surface area contributed by atoms with Crippen molar-refractivity contribution in [1.29, 1.82) is 0 Å². The van der Waals surface area contributed by atoms with Gasteiger partial charge in [0.25, 0.3) is 15.9 Å². The molecular formula is C23H24N2O3S. The number of carbonyl (C=O) groups excluding carboxylic acids is 1. The summed E-state index contributed by atoms with van der Waals surface area (Å²) in [5.41, 5.74) is 3.14. The van der Waals surface area contributed by atoms with Crippen LogP contribution in [-0.4, -0.2) is 14.3 Å². The number of carbonyl (C=O) groups is 1. The molecule has 0 unspecified atom stereocenters. The minimum Gasteiger partial charge on any atom is -0.346 e. The molecule has 5 nitrogen and oxygen atoms in total. The van der Waals surface area contributed by atoms with E-state index in [9.17, 15) is 13.2 Å². The maximum atomic E-state index is 12.5. The number of aryl methyl sites for hydroxylation is 1. The molecule has 0 aromatic heterocycles. The van der Waals surface area contributed by atoms with Crippen LogP contribution < -0.4 is 10.0 Å². The summed E-state index contributed by atoms with van der Waals surface area (Å²) in [6.07, 6.45) is 0.974. The van der Waals surface area contributed by atoms with Gasteiger partial charge in [-0.2, -0.15) is 0 Å². The smallest absolute Gasteiger partial charge is 0.261 e. The van der Waals surface area contributed by atoms with Gasteiger partial charge in [0.15, 0.2) is 0 Å². The fraction of sp³-hybridized carbons (Fsp3) is 0.174. The fourth-order valence-corrected chi connectivity index (χ4v) is 3.99. The highest BCUT2D eigenvalue weighted by molar-refractivity contribution is 7.92. The molecule has 0 radical (unpaired) electrons. The lowest BCUT2D eigenvalue weighted by Crippen LogP contribution is -2.26. The zero-order valence-corrected chi connectivity index (χ0v) is 17.2. The van der Waals surface area contributed by atoms with Crippen LogP contribution in [0, 0.1) is 0 Å². The summed E-state index contributed by atoms with van der Waals surface area (Å²) in [5.74, 6) is -0.213. The molecule has 0 aliphatic rings. The van der Waals surface area contributed by atoms with E-state index in [4.69, 9.17) is 0 Å². The quantitative estimate of drug-likeness (QED) is 0.603. The topological polar surface area (TPSA) is 75.3 Å². The molecule has 3 rings (SSSR count). The average Bonchev–Trinajstić information content (AvgIpc) is 2.74. The number of nitrogens with one attached hydrogen (secondary N) is 2. The summed E-state index contributed by atoms with van der Waals surface area (Å²) in [4.78, 5) is 12.7. The third-order valence-electron chi connectivity index (χ3n) is 4.69. The van der Waals surface area contributed by atoms with Crippen molar-refractivity contribution in [2.45, 2.75) is 31.2 Å². The van der Waals surface area contributed by atoms with Gasteiger partial charge in [0, 0.05) is 11.3 Å². The van der Waals surface area contributed by atoms with E-state index in [1.807, 2.05) is 19.1 Å². The number of hydrogen-bond acceptors (Lipinski definition) is 3. The molecule has 29 heavy (non-hydrogen) atoms. The van der Waals surface area contributed by atoms with Crippen molar-refractivity contribution in [2.24, 2.45) is 0 Å². The van der Waals surface area contributed by atoms with E-state index in [-0.39, 0.29) is 16.8 Å². The Balaban J connectivity index is 1.65. The van der Waals surface area contributed by atoms with Crippen LogP contribution in [0.3, 0.4) is 0 Å². The molecule has 3 aromatic rings. The standard InChI is InChI=1S/C23H24N2O3S/c1-3-18-9-11-19(12-10-18)17(2)24-23(26)20-13-15-21(16-14-20)25-29(27,28)22-7-5-4-6-8-22/h4-17,25H,3H2,1-2H3,(H,24,26)/t17-/m1/s1. The van der Waals surface area contributed by atoms with Gasteiger partial charge < -0.3 is 5.32 Å². The minimum atomic E-state index is -3.66. The predicted octanol–water partition coefficient (Wildman–Crippen LogP) is 4.54. The fourth-order valence-electron chi connectivity index (χ4n) is 2.91. The zero-order chi connectivity index (χ0) is 20.9. The van der Waals surface area contributed by atoms with Crippen molar-refractivity contribution in [3.8, 4) is 0 Å². The second-order valence-corrected chi connectivity index (χ2v) is 8.47. The zero-order valence-electron chi connectivity index (χ0n) is 16.4. The van der Waals surface area contributed by atoms with Crippen molar-refractivity contribution < 1.29 is 13.2 Å². The van der Waals surface area contributed by atoms with Gasteiger partial charge in [0.2, 0.25) is 0 Å². The third kappa shape index (κ3) is 5.23. The molecule has 0 saturated carbocycles. The first-order chi connectivity index (χ1) is 13.9. The van der Waals surface area contributed by atoms with Crippen LogP contribution in [0.2, 0.25) is 0 Å². The maximum Gasteiger partial charge on any atom is 0.261 e. The van der Waals surface area contributed by atoms with Gasteiger partial charge in [-0.05, 0) is 60.9 Å². The molecule has 0 saturated heterocycles. The Labute approximate surface area is 171 Å². The molecule has 0 aliphatic heterocycles. The molecule has 0 spiro atoms. The second kappa shape index (κ2) is 8.92. The van der Waals surface area contributed by atoms with Crippen molar-refractivity contribution in [3.63, 3.8) is 0 Å². The van der Waals surface area contributed by atoms with Crippen molar-refractivity contribution >= 4 is 21.6 Å². The van der Waals surface area contributed by atoms with Gasteiger partial charge in [-0.15, -0.1) is 0 Å². The number of benzene rings is 3. The number of anilines is 1. The molecule has 1 atom stereocenters. The summed E-state index contributed by atoms with van der Waals surface area (Å²) >= 11 is 0. The Kier molecular flexibility index (Phi) is 6.34. The van der Waals surface area contributed by atoms with Gasteiger partial charge in [-0.3, -0.25) is 9.52 Å². The lowest BCUT2D eigenvalue weighted by molar-refractivity contribution is 0.0940. The minimum absolute atomic E-state index is 0.135. The summed E-state index contributed by atoms with van der Waals surface area (Å²) in [5, 5.41) is 2.97. The number of amides is 1. The largest absolute Gasteiger partial charge is 0.346 e. The second-order valence-electron chi connectivity index (χ2n) is 6.79. The highest BCUT2D eigenvalue weighted by atomic mass is 32.2. The van der Waals surface area contributed by atoms with Crippen LogP contribution in [-0.2, 0) is 16.4 Å². The van der Waals surface area contributed by atoms with E-state index in [1.165, 1.54) is 17.7 Å². The Hall–Kier alpha value is -3.12. The normalized spacial score (nSPS) is 12.2. The van der Waals surface area contributed by atoms with Crippen LogP contribution in [0.25, 0.3) is 0 Å². The summed E-state index contributed by atoms with van der Waals surface area (Å²) in [6.45, 7) is 4.03. The molecule has 2 N–H and O–H groups in total. The molecule has 1 amide bonds. The van der Waals surface area contributed by atoms with E-state index >= 15 is 0 Å². The van der Waals surface area contributed by atoms with Crippen molar-refractivity contribution in [3.05, 3.63) is 95.6 Å². The van der Waals surface area contributed by atoms with E-state index in [0.717, 1.165) is 12.0 Å². The summed E-state index contributed by atoms with van der Waals surface area (Å²) in [6, 6.07) is 22.5. The van der Waals surface area contributed by atoms with Crippen LogP contribution in [0.1, 0.15) is 41.4 Å². The molecule has 0 heterocycles. The van der Waals surface area contributed by atoms with E-state index in [0.29, 0.717) is 11.3 Å². The SMILES string of the molecule is CCc1ccc([C@@H](C)NC(=O)c2ccc(NS(=O)(=O)c3ccccc3)cc2)cc1. The third-order valence-corrected chi connectivity index (χ3v) is 6.09. The Bertz CT molecular complexity index is 1060. The molecular weight excluding hydrogens is 384 g/mol. The highest BCUT2D eigenvalue weighted by Crippen LogP contribution is 2.18. The van der Waals surface area contributed by atoms with E-state index < -0.39 is 10.0 Å². The summed E-state index contributed by atoms with van der Waals surface area (Å²) in [7, 11) is -3.66. The molecule has 3 aromatic carbocycles. The van der Waals surface area contributed by atoms with Gasteiger partial charge >= 0.3 is 0 Å². The Morgan fingerprint density at radius 1 is 0.897 bits per heavy atom. The molecule has 0 aliphatic carbocycles. The number of rotatable bonds is 7. The maximum absolute atomic E-state index is 12.5. The van der Waals surface area contributed by atoms with Crippen LogP contribution in [0.15, 0.2) is 83.8 Å². The lowest BCUT2D eigenvalue weighted by atomic mass is 10.0. The first kappa shape index (κ1) is 20.6. The van der Waals surface area contributed by atoms with Crippen LogP contribution >= 0.6 is 0 Å². The van der Waals surface area contributed by atoms with Crippen LogP contribution in [0.5, 0.6) is 0 Å². The highest BCUT2D eigenvalue weighted by Gasteiger charge is 2.15. The van der Waals surface area contributed by atoms with Crippen molar-refractivity contribution in [2.75, 3.05) is 4.72 Å². The first-order valence-electron chi connectivity index (χ1n) is 9.46. The lowest BCUT2D eigenvalue weighted by Gasteiger charge is -2.15. The van der Waals surface area contributed by atoms with Gasteiger partial charge in [0.05, 0.1) is 10.9 Å². The molecule has 0 bridgehead atoms. The van der Waals surface area contributed by atoms with Crippen molar-refractivity contribution in [1.82, 2.24) is 5.32 Å².